The molecule has 3 heteroatoms. The molecule has 0 bridgehead atoms. The fourth-order valence-corrected chi connectivity index (χ4v) is 0.167. The van der Waals surface area contributed by atoms with Gasteiger partial charge in [0, 0.05) is 24.8 Å². The number of nitrogens with one attached hydrogen (secondary N) is 1. The Bertz CT molecular complexity index is 77.3. The second-order valence-corrected chi connectivity index (χ2v) is 0.885. The second kappa shape index (κ2) is 38.2. The van der Waals surface area contributed by atoms with Crippen molar-refractivity contribution < 1.29 is 0 Å². The van der Waals surface area contributed by atoms with Crippen molar-refractivity contribution in [3.05, 3.63) is 38.0 Å². The molecule has 0 aliphatic rings. The molecule has 0 atom stereocenters. The van der Waals surface area contributed by atoms with Crippen LogP contribution in [0.5, 0.6) is 0 Å². The van der Waals surface area contributed by atoms with Crippen LogP contribution < -0.4 is 16.8 Å². The van der Waals surface area contributed by atoms with Crippen molar-refractivity contribution in [2.45, 2.75) is 13.8 Å². The molecule has 5 N–H and O–H groups in total. The average molecular weight is 157 g/mol. The summed E-state index contributed by atoms with van der Waals surface area (Å²) in [5.74, 6) is 0. The van der Waals surface area contributed by atoms with E-state index in [0.29, 0.717) is 0 Å². The minimum absolute atomic E-state index is 1.39. The first-order chi connectivity index (χ1) is 5.41. The first kappa shape index (κ1) is 16.3. The molecule has 3 nitrogen and oxygen atoms in total. The number of hydrogen-bond acceptors (Lipinski definition) is 3. The van der Waals surface area contributed by atoms with Crippen LogP contribution in [-0.2, 0) is 0 Å². The van der Waals surface area contributed by atoms with Gasteiger partial charge in [0.1, 0.15) is 0 Å². The van der Waals surface area contributed by atoms with Gasteiger partial charge in [-0.3, -0.25) is 0 Å². The van der Waals surface area contributed by atoms with Crippen LogP contribution in [0.3, 0.4) is 0 Å². The van der Waals surface area contributed by atoms with Gasteiger partial charge < -0.3 is 16.8 Å². The van der Waals surface area contributed by atoms with Crippen molar-refractivity contribution >= 4 is 0 Å². The monoisotopic (exact) mass is 157 g/mol. The molecule has 0 heterocycles. The van der Waals surface area contributed by atoms with E-state index in [1.54, 1.807) is 12.4 Å². The lowest BCUT2D eigenvalue weighted by molar-refractivity contribution is 1.17. The van der Waals surface area contributed by atoms with Crippen LogP contribution in [0, 0.1) is 0 Å². The maximum Gasteiger partial charge on any atom is 0.0162 e. The summed E-state index contributed by atoms with van der Waals surface area (Å²) in [6.07, 6.45) is 5.92. The Kier molecular flexibility index (Phi) is 56.6. The van der Waals surface area contributed by atoms with Gasteiger partial charge in [-0.25, -0.2) is 0 Å². The Hall–Kier alpha value is -1.38. The minimum atomic E-state index is 1.39. The Labute approximate surface area is 69.5 Å². The second-order valence-electron chi connectivity index (χ2n) is 0.885. The predicted octanol–water partition coefficient (Wildman–Crippen LogP) is 1.26. The van der Waals surface area contributed by atoms with Crippen LogP contribution in [0.2, 0.25) is 0 Å². The van der Waals surface area contributed by atoms with E-state index in [-0.39, 0.29) is 0 Å². The van der Waals surface area contributed by atoms with Gasteiger partial charge in [-0.15, -0.1) is 13.2 Å². The van der Waals surface area contributed by atoms with Crippen molar-refractivity contribution in [2.75, 3.05) is 0 Å². The molecule has 66 valence electrons. The smallest absolute Gasteiger partial charge is 0.0162 e. The highest BCUT2D eigenvalue weighted by molar-refractivity contribution is 4.82. The maximum atomic E-state index is 4.95. The van der Waals surface area contributed by atoms with Crippen LogP contribution in [-0.4, -0.2) is 0 Å². The van der Waals surface area contributed by atoms with Crippen molar-refractivity contribution in [3.8, 4) is 0 Å². The van der Waals surface area contributed by atoms with Gasteiger partial charge in [0.15, 0.2) is 0 Å². The fraction of sp³-hybridized carbons (Fsp3) is 0.250. The number of hydrogen-bond donors (Lipinski definition) is 3. The first-order valence-electron chi connectivity index (χ1n) is 3.41. The Balaban J connectivity index is -0.000000138. The molecule has 0 aromatic carbocycles. The molecule has 0 saturated carbocycles. The molecule has 0 amide bonds. The zero-order chi connectivity index (χ0) is 9.54. The third kappa shape index (κ3) is 55.0. The van der Waals surface area contributed by atoms with Crippen LogP contribution in [0.4, 0.5) is 0 Å². The fourth-order valence-electron chi connectivity index (χ4n) is 0.167. The van der Waals surface area contributed by atoms with Gasteiger partial charge in [0.05, 0.1) is 0 Å². The largest absolute Gasteiger partial charge is 0.403 e. The van der Waals surface area contributed by atoms with Crippen molar-refractivity contribution in [3.63, 3.8) is 0 Å². The van der Waals surface area contributed by atoms with Crippen molar-refractivity contribution in [1.29, 1.82) is 0 Å². The lowest BCUT2D eigenvalue weighted by atomic mass is 10.8. The van der Waals surface area contributed by atoms with Gasteiger partial charge >= 0.3 is 0 Å². The van der Waals surface area contributed by atoms with E-state index in [2.05, 4.69) is 18.5 Å². The van der Waals surface area contributed by atoms with Crippen LogP contribution >= 0.6 is 0 Å². The first-order valence-corrected chi connectivity index (χ1v) is 3.41. The van der Waals surface area contributed by atoms with Crippen LogP contribution in [0.15, 0.2) is 38.0 Å². The van der Waals surface area contributed by atoms with E-state index in [9.17, 15) is 0 Å². The summed E-state index contributed by atoms with van der Waals surface area (Å²) in [6, 6.07) is 0. The summed E-state index contributed by atoms with van der Waals surface area (Å²) >= 11 is 0. The van der Waals surface area contributed by atoms with E-state index in [4.69, 9.17) is 11.5 Å². The highest BCUT2D eigenvalue weighted by Crippen LogP contribution is 1.55. The van der Waals surface area contributed by atoms with E-state index in [0.717, 1.165) is 0 Å². The predicted molar refractivity (Wildman–Crippen MR) is 52.4 cm³/mol. The molecule has 0 aliphatic heterocycles. The molecule has 0 fully saturated rings. The third-order valence-electron chi connectivity index (χ3n) is 0.385. The normalized spacial score (nSPS) is 7.82. The number of rotatable bonds is 2. The molecule has 0 spiro atoms. The quantitative estimate of drug-likeness (QED) is 0.529. The summed E-state index contributed by atoms with van der Waals surface area (Å²) in [6.45, 7) is 10.0. The Morgan fingerprint density at radius 3 is 1.45 bits per heavy atom. The highest BCUT2D eigenvalue weighted by atomic mass is 14.8. The molecule has 0 aliphatic carbocycles. The van der Waals surface area contributed by atoms with E-state index in [1.807, 2.05) is 13.8 Å². The standard InChI is InChI=1S/C4H9N3.C2H6.C2H4/c5-1-3-7-4-2-6;2*1-2/h1-4,7H,5-6H2;1-2H3;1-2H2/b3-1+,4-2+;;. The molecule has 0 aromatic heterocycles. The SMILES string of the molecule is C=C.CC.N/C=C/N/C=C/N. The maximum absolute atomic E-state index is 4.95. The van der Waals surface area contributed by atoms with E-state index in [1.165, 1.54) is 12.4 Å². The van der Waals surface area contributed by atoms with Gasteiger partial charge in [-0.2, -0.15) is 0 Å². The summed E-state index contributed by atoms with van der Waals surface area (Å²) in [4.78, 5) is 0. The lowest BCUT2D eigenvalue weighted by Crippen LogP contribution is -1.95. The zero-order valence-electron chi connectivity index (χ0n) is 7.38. The lowest BCUT2D eigenvalue weighted by Gasteiger charge is -1.81. The minimum Gasteiger partial charge on any atom is -0.403 e. The third-order valence-corrected chi connectivity index (χ3v) is 0.385. The summed E-state index contributed by atoms with van der Waals surface area (Å²) in [7, 11) is 0. The summed E-state index contributed by atoms with van der Waals surface area (Å²) < 4.78 is 0. The zero-order valence-corrected chi connectivity index (χ0v) is 7.38. The van der Waals surface area contributed by atoms with Gasteiger partial charge in [-0.1, -0.05) is 13.8 Å². The van der Waals surface area contributed by atoms with E-state index < -0.39 is 0 Å². The molecular formula is C8H19N3. The molecule has 0 saturated heterocycles. The van der Waals surface area contributed by atoms with E-state index >= 15 is 0 Å². The molecule has 0 unspecified atom stereocenters. The Morgan fingerprint density at radius 2 is 1.27 bits per heavy atom. The average Bonchev–Trinajstić information content (AvgIpc) is 2.13. The van der Waals surface area contributed by atoms with Gasteiger partial charge in [0.25, 0.3) is 0 Å². The molecule has 0 radical (unpaired) electrons. The molecule has 0 rings (SSSR count). The molecule has 11 heavy (non-hydrogen) atoms. The van der Waals surface area contributed by atoms with Crippen LogP contribution in [0.25, 0.3) is 0 Å². The van der Waals surface area contributed by atoms with Gasteiger partial charge in [-0.05, 0) is 0 Å². The molecular weight excluding hydrogens is 138 g/mol. The molecule has 0 aromatic rings. The van der Waals surface area contributed by atoms with Crippen molar-refractivity contribution in [1.82, 2.24) is 5.32 Å². The van der Waals surface area contributed by atoms with Crippen molar-refractivity contribution in [2.24, 2.45) is 11.5 Å². The summed E-state index contributed by atoms with van der Waals surface area (Å²) in [5, 5.41) is 2.67. The topological polar surface area (TPSA) is 64.1 Å². The summed E-state index contributed by atoms with van der Waals surface area (Å²) in [5.41, 5.74) is 9.90. The van der Waals surface area contributed by atoms with Gasteiger partial charge in [0.2, 0.25) is 0 Å². The van der Waals surface area contributed by atoms with Crippen LogP contribution in [0.1, 0.15) is 13.8 Å². The Morgan fingerprint density at radius 1 is 1.00 bits per heavy atom. The highest BCUT2D eigenvalue weighted by Gasteiger charge is 1.55. The number of nitrogens with two attached hydrogens (primary N) is 2.